The Labute approximate surface area is 117 Å². The van der Waals surface area contributed by atoms with E-state index in [1.54, 1.807) is 0 Å². The van der Waals surface area contributed by atoms with Gasteiger partial charge in [-0.1, -0.05) is 47.6 Å². The maximum absolute atomic E-state index is 11.1. The molecule has 2 rings (SSSR count). The summed E-state index contributed by atoms with van der Waals surface area (Å²) in [4.78, 5) is 15.8. The van der Waals surface area contributed by atoms with Gasteiger partial charge in [-0.05, 0) is 17.7 Å². The fraction of sp³-hybridized carbons (Fsp3) is 0.125. The van der Waals surface area contributed by atoms with Crippen LogP contribution in [0.3, 0.4) is 0 Å². The van der Waals surface area contributed by atoms with Crippen LogP contribution in [0, 0.1) is 0 Å². The van der Waals surface area contributed by atoms with Crippen LogP contribution >= 0.6 is 0 Å². The second kappa shape index (κ2) is 7.09. The summed E-state index contributed by atoms with van der Waals surface area (Å²) < 4.78 is 5.69. The van der Waals surface area contributed by atoms with Gasteiger partial charge in [0, 0.05) is 5.56 Å². The van der Waals surface area contributed by atoms with E-state index < -0.39 is 0 Å². The molecule has 0 fully saturated rings. The van der Waals surface area contributed by atoms with E-state index in [-0.39, 0.29) is 5.71 Å². The van der Waals surface area contributed by atoms with Gasteiger partial charge < -0.3 is 9.57 Å². The number of hydrogen-bond donors (Lipinski definition) is 0. The molecule has 0 aromatic heterocycles. The molecule has 0 N–H and O–H groups in total. The fourth-order valence-electron chi connectivity index (χ4n) is 1.81. The number of carbonyl (C=O) groups is 1. The van der Waals surface area contributed by atoms with Gasteiger partial charge in [0.1, 0.15) is 25.2 Å². The second-order valence-corrected chi connectivity index (χ2v) is 4.04. The second-order valence-electron chi connectivity index (χ2n) is 4.04. The van der Waals surface area contributed by atoms with Crippen molar-refractivity contribution in [2.75, 3.05) is 7.11 Å². The Bertz CT molecular complexity index is 594. The zero-order valence-electron chi connectivity index (χ0n) is 11.2. The van der Waals surface area contributed by atoms with E-state index in [2.05, 4.69) is 9.99 Å². The zero-order chi connectivity index (χ0) is 14.2. The molecule has 2 aromatic carbocycles. The molecule has 102 valence electrons. The average molecular weight is 269 g/mol. The van der Waals surface area contributed by atoms with Crippen molar-refractivity contribution >= 4 is 12.0 Å². The highest BCUT2D eigenvalue weighted by molar-refractivity contribution is 6.36. The van der Waals surface area contributed by atoms with E-state index in [0.717, 1.165) is 11.3 Å². The van der Waals surface area contributed by atoms with Crippen LogP contribution in [-0.4, -0.2) is 19.1 Å². The van der Waals surface area contributed by atoms with E-state index in [4.69, 9.17) is 4.74 Å². The lowest BCUT2D eigenvalue weighted by Gasteiger charge is -2.10. The molecule has 0 unspecified atom stereocenters. The summed E-state index contributed by atoms with van der Waals surface area (Å²) in [7, 11) is 1.41. The van der Waals surface area contributed by atoms with E-state index in [1.165, 1.54) is 7.11 Å². The van der Waals surface area contributed by atoms with Crippen LogP contribution in [0.15, 0.2) is 59.8 Å². The summed E-state index contributed by atoms with van der Waals surface area (Å²) in [6.45, 7) is 0.358. The van der Waals surface area contributed by atoms with Crippen molar-refractivity contribution in [2.45, 2.75) is 6.61 Å². The van der Waals surface area contributed by atoms with Crippen molar-refractivity contribution < 1.29 is 14.4 Å². The number of para-hydroxylation sites is 1. The molecule has 0 saturated heterocycles. The van der Waals surface area contributed by atoms with Gasteiger partial charge in [-0.25, -0.2) is 0 Å². The van der Waals surface area contributed by atoms with Gasteiger partial charge in [-0.15, -0.1) is 0 Å². The van der Waals surface area contributed by atoms with Gasteiger partial charge in [0.05, 0.1) is 0 Å². The first-order valence-electron chi connectivity index (χ1n) is 6.17. The highest BCUT2D eigenvalue weighted by Gasteiger charge is 2.09. The first-order valence-corrected chi connectivity index (χ1v) is 6.17. The van der Waals surface area contributed by atoms with Crippen LogP contribution in [0.4, 0.5) is 0 Å². The van der Waals surface area contributed by atoms with Crippen LogP contribution in [0.1, 0.15) is 11.1 Å². The molecule has 20 heavy (non-hydrogen) atoms. The molecular formula is C16H15NO3. The predicted molar refractivity (Wildman–Crippen MR) is 76.8 cm³/mol. The molecule has 0 aliphatic carbocycles. The van der Waals surface area contributed by atoms with Crippen LogP contribution < -0.4 is 4.74 Å². The normalized spacial score (nSPS) is 10.9. The van der Waals surface area contributed by atoms with Gasteiger partial charge in [0.15, 0.2) is 6.29 Å². The minimum Gasteiger partial charge on any atom is -0.489 e. The number of hydrogen-bond acceptors (Lipinski definition) is 4. The SMILES string of the molecule is CO/N=C(/C=O)c1ccccc1COc1ccccc1. The quantitative estimate of drug-likeness (QED) is 0.460. The summed E-state index contributed by atoms with van der Waals surface area (Å²) in [6, 6.07) is 17.0. The Kier molecular flexibility index (Phi) is 4.89. The van der Waals surface area contributed by atoms with Crippen molar-refractivity contribution in [3.8, 4) is 5.75 Å². The summed E-state index contributed by atoms with van der Waals surface area (Å²) in [6.07, 6.45) is 0.671. The Morgan fingerprint density at radius 2 is 1.80 bits per heavy atom. The highest BCUT2D eigenvalue weighted by Crippen LogP contribution is 2.15. The first-order chi connectivity index (χ1) is 9.85. The molecule has 0 aliphatic heterocycles. The van der Waals surface area contributed by atoms with E-state index in [0.29, 0.717) is 18.5 Å². The Morgan fingerprint density at radius 3 is 2.50 bits per heavy atom. The number of nitrogens with zero attached hydrogens (tertiary/aromatic N) is 1. The lowest BCUT2D eigenvalue weighted by molar-refractivity contribution is -0.102. The van der Waals surface area contributed by atoms with E-state index >= 15 is 0 Å². The van der Waals surface area contributed by atoms with Crippen molar-refractivity contribution in [1.29, 1.82) is 0 Å². The molecule has 4 heteroatoms. The van der Waals surface area contributed by atoms with E-state index in [9.17, 15) is 4.79 Å². The Balaban J connectivity index is 2.20. The van der Waals surface area contributed by atoms with Crippen molar-refractivity contribution in [3.05, 3.63) is 65.7 Å². The van der Waals surface area contributed by atoms with Gasteiger partial charge in [0.2, 0.25) is 0 Å². The molecule has 0 atom stereocenters. The molecular weight excluding hydrogens is 254 g/mol. The Hall–Kier alpha value is -2.62. The minimum atomic E-state index is 0.250. The maximum Gasteiger partial charge on any atom is 0.172 e. The largest absolute Gasteiger partial charge is 0.489 e. The number of aldehydes is 1. The number of ether oxygens (including phenoxy) is 1. The predicted octanol–water partition coefficient (Wildman–Crippen LogP) is 2.82. The minimum absolute atomic E-state index is 0.250. The van der Waals surface area contributed by atoms with E-state index in [1.807, 2.05) is 54.6 Å². The summed E-state index contributed by atoms with van der Waals surface area (Å²) >= 11 is 0. The average Bonchev–Trinajstić information content (AvgIpc) is 2.52. The molecule has 0 spiro atoms. The molecule has 0 bridgehead atoms. The third-order valence-corrected chi connectivity index (χ3v) is 2.73. The zero-order valence-corrected chi connectivity index (χ0v) is 11.2. The molecule has 4 nitrogen and oxygen atoms in total. The molecule has 0 saturated carbocycles. The number of oxime groups is 1. The summed E-state index contributed by atoms with van der Waals surface area (Å²) in [5.74, 6) is 0.777. The van der Waals surface area contributed by atoms with Gasteiger partial charge in [-0.2, -0.15) is 0 Å². The Morgan fingerprint density at radius 1 is 1.10 bits per heavy atom. The fourth-order valence-corrected chi connectivity index (χ4v) is 1.81. The lowest BCUT2D eigenvalue weighted by atomic mass is 10.0. The van der Waals surface area contributed by atoms with Crippen molar-refractivity contribution in [1.82, 2.24) is 0 Å². The van der Waals surface area contributed by atoms with Crippen LogP contribution in [0.25, 0.3) is 0 Å². The summed E-state index contributed by atoms with van der Waals surface area (Å²) in [5, 5.41) is 3.72. The smallest absolute Gasteiger partial charge is 0.172 e. The summed E-state index contributed by atoms with van der Waals surface area (Å²) in [5.41, 5.74) is 1.83. The van der Waals surface area contributed by atoms with Gasteiger partial charge >= 0.3 is 0 Å². The molecule has 2 aromatic rings. The third-order valence-electron chi connectivity index (χ3n) is 2.73. The number of benzene rings is 2. The van der Waals surface area contributed by atoms with Gasteiger partial charge in [-0.3, -0.25) is 4.79 Å². The standard InChI is InChI=1S/C16H15NO3/c1-19-17-16(11-18)15-10-6-5-7-13(15)12-20-14-8-3-2-4-9-14/h2-11H,12H2,1H3/b17-16-. The maximum atomic E-state index is 11.1. The van der Waals surface area contributed by atoms with Crippen LogP contribution in [0.5, 0.6) is 5.75 Å². The molecule has 0 heterocycles. The first kappa shape index (κ1) is 13.8. The van der Waals surface area contributed by atoms with Crippen LogP contribution in [-0.2, 0) is 16.2 Å². The number of carbonyl (C=O) groups excluding carboxylic acids is 1. The van der Waals surface area contributed by atoms with Crippen molar-refractivity contribution in [2.24, 2.45) is 5.16 Å². The van der Waals surface area contributed by atoms with Crippen molar-refractivity contribution in [3.63, 3.8) is 0 Å². The number of rotatable bonds is 6. The molecule has 0 amide bonds. The lowest BCUT2D eigenvalue weighted by Crippen LogP contribution is -2.09. The molecule has 0 radical (unpaired) electrons. The third kappa shape index (κ3) is 3.45. The monoisotopic (exact) mass is 269 g/mol. The van der Waals surface area contributed by atoms with Crippen LogP contribution in [0.2, 0.25) is 0 Å². The highest BCUT2D eigenvalue weighted by atomic mass is 16.6. The topological polar surface area (TPSA) is 47.9 Å². The van der Waals surface area contributed by atoms with Gasteiger partial charge in [0.25, 0.3) is 0 Å². The molecule has 0 aliphatic rings.